The van der Waals surface area contributed by atoms with Crippen molar-refractivity contribution in [3.63, 3.8) is 0 Å². The van der Waals surface area contributed by atoms with Gasteiger partial charge in [0.05, 0.1) is 19.2 Å². The van der Waals surface area contributed by atoms with E-state index in [1.165, 1.54) is 4.90 Å². The molecule has 3 rings (SSSR count). The van der Waals surface area contributed by atoms with Gasteiger partial charge in [-0.25, -0.2) is 9.78 Å². The summed E-state index contributed by atoms with van der Waals surface area (Å²) in [6, 6.07) is 0.946. The molecule has 0 saturated carbocycles. The second-order valence-electron chi connectivity index (χ2n) is 9.26. The molecule has 36 heavy (non-hydrogen) atoms. The molecule has 0 unspecified atom stereocenters. The van der Waals surface area contributed by atoms with Crippen LogP contribution in [0.15, 0.2) is 16.8 Å². The van der Waals surface area contributed by atoms with Crippen molar-refractivity contribution in [1.29, 1.82) is 0 Å². The number of carbonyl (C=O) groups excluding carboxylic acids is 2. The van der Waals surface area contributed by atoms with E-state index in [2.05, 4.69) is 27.3 Å². The Balaban J connectivity index is 1.88. The van der Waals surface area contributed by atoms with Gasteiger partial charge in [-0.05, 0) is 33.3 Å². The van der Waals surface area contributed by atoms with Gasteiger partial charge in [0.1, 0.15) is 23.0 Å². The lowest BCUT2D eigenvalue weighted by Gasteiger charge is -2.37. The lowest BCUT2D eigenvalue weighted by atomic mass is 10.00. The van der Waals surface area contributed by atoms with Crippen LogP contribution in [0.25, 0.3) is 0 Å². The number of hydrogen-bond donors (Lipinski definition) is 2. The largest absolute Gasteiger partial charge is 0.472 e. The van der Waals surface area contributed by atoms with Crippen molar-refractivity contribution < 1.29 is 24.0 Å². The summed E-state index contributed by atoms with van der Waals surface area (Å²) in [7, 11) is 1.67. The number of anilines is 1. The Morgan fingerprint density at radius 3 is 2.81 bits per heavy atom. The number of carbonyl (C=O) groups is 2. The summed E-state index contributed by atoms with van der Waals surface area (Å²) in [6.07, 6.45) is 2.81. The molecular formula is C26H35N5O5. The van der Waals surface area contributed by atoms with Crippen molar-refractivity contribution in [3.05, 3.63) is 34.8 Å². The summed E-state index contributed by atoms with van der Waals surface area (Å²) in [6.45, 7) is 9.68. The minimum Gasteiger partial charge on any atom is -0.472 e. The number of likely N-dealkylation sites (N-methyl/N-ethyl adjacent to an activating group) is 1. The summed E-state index contributed by atoms with van der Waals surface area (Å²) in [4.78, 5) is 33.9. The Kier molecular flexibility index (Phi) is 8.93. The van der Waals surface area contributed by atoms with E-state index in [-0.39, 0.29) is 36.9 Å². The highest BCUT2D eigenvalue weighted by atomic mass is 16.5. The van der Waals surface area contributed by atoms with Crippen LogP contribution in [0.2, 0.25) is 0 Å². The number of amides is 3. The number of aryl methyl sites for hydroxylation is 2. The average molecular weight is 498 g/mol. The highest BCUT2D eigenvalue weighted by molar-refractivity contribution is 5.97. The SMILES string of the molecule is CCCC#Cc1cnc2c(c1)C(=O)N([C@@H](C)CO)C[C@@H](C)[C@@H](CN(C)C(=O)Nc1c(C)noc1C)O2. The van der Waals surface area contributed by atoms with Crippen molar-refractivity contribution in [2.75, 3.05) is 32.1 Å². The van der Waals surface area contributed by atoms with Crippen LogP contribution < -0.4 is 10.1 Å². The molecule has 0 radical (unpaired) electrons. The normalized spacial score (nSPS) is 18.2. The molecule has 0 fully saturated rings. The maximum Gasteiger partial charge on any atom is 0.321 e. The number of rotatable bonds is 6. The summed E-state index contributed by atoms with van der Waals surface area (Å²) in [5.74, 6) is 6.40. The fraction of sp³-hybridized carbons (Fsp3) is 0.538. The van der Waals surface area contributed by atoms with Crippen molar-refractivity contribution in [2.24, 2.45) is 5.92 Å². The number of aliphatic hydroxyl groups is 1. The van der Waals surface area contributed by atoms with Crippen LogP contribution in [0.4, 0.5) is 10.5 Å². The van der Waals surface area contributed by atoms with Gasteiger partial charge in [0, 0.05) is 37.7 Å². The highest BCUT2D eigenvalue weighted by Crippen LogP contribution is 2.27. The van der Waals surface area contributed by atoms with Crippen LogP contribution in [-0.2, 0) is 0 Å². The zero-order valence-electron chi connectivity index (χ0n) is 21.8. The zero-order valence-corrected chi connectivity index (χ0v) is 21.8. The maximum atomic E-state index is 13.5. The van der Waals surface area contributed by atoms with Crippen molar-refractivity contribution >= 4 is 17.6 Å². The van der Waals surface area contributed by atoms with Crippen LogP contribution in [0, 0.1) is 31.6 Å². The molecule has 0 spiro atoms. The van der Waals surface area contributed by atoms with Crippen LogP contribution in [0.1, 0.15) is 61.0 Å². The Hall–Kier alpha value is -3.58. The minimum absolute atomic E-state index is 0.156. The molecule has 194 valence electrons. The van der Waals surface area contributed by atoms with E-state index in [1.54, 1.807) is 45.0 Å². The molecule has 2 aromatic rings. The number of pyridine rings is 1. The van der Waals surface area contributed by atoms with Gasteiger partial charge in [0.2, 0.25) is 5.88 Å². The molecule has 1 aliphatic rings. The number of aliphatic hydroxyl groups excluding tert-OH is 1. The van der Waals surface area contributed by atoms with Crippen molar-refractivity contribution in [2.45, 2.75) is 59.6 Å². The number of nitrogens with zero attached hydrogens (tertiary/aromatic N) is 4. The van der Waals surface area contributed by atoms with Gasteiger partial charge in [0.15, 0.2) is 5.76 Å². The Bertz CT molecular complexity index is 1130. The quantitative estimate of drug-likeness (QED) is 0.588. The van der Waals surface area contributed by atoms with Crippen LogP contribution in [0.3, 0.4) is 0 Å². The number of hydrogen-bond acceptors (Lipinski definition) is 7. The molecule has 10 heteroatoms. The summed E-state index contributed by atoms with van der Waals surface area (Å²) < 4.78 is 11.4. The third-order valence-corrected chi connectivity index (χ3v) is 6.19. The van der Waals surface area contributed by atoms with Gasteiger partial charge in [0.25, 0.3) is 5.91 Å². The molecule has 3 atom stereocenters. The van der Waals surface area contributed by atoms with Crippen LogP contribution in [-0.4, -0.2) is 75.9 Å². The smallest absolute Gasteiger partial charge is 0.321 e. The lowest BCUT2D eigenvalue weighted by Crippen LogP contribution is -2.50. The molecule has 0 aromatic carbocycles. The number of nitrogens with one attached hydrogen (secondary N) is 1. The first-order chi connectivity index (χ1) is 17.2. The first-order valence-electron chi connectivity index (χ1n) is 12.2. The second-order valence-corrected chi connectivity index (χ2v) is 9.26. The molecule has 10 nitrogen and oxygen atoms in total. The standard InChI is InChI=1S/C26H35N5O5/c1-7-8-9-10-20-11-21-24(27-12-20)35-22(16(2)13-31(25(21)33)17(3)15-32)14-30(6)26(34)28-23-18(4)29-36-19(23)5/h11-12,16-17,22,32H,7-8,13-15H2,1-6H3,(H,28,34)/t16-,17+,22-/m1/s1. The molecule has 0 bridgehead atoms. The number of aromatic nitrogens is 2. The predicted octanol–water partition coefficient (Wildman–Crippen LogP) is 3.22. The third kappa shape index (κ3) is 6.15. The first kappa shape index (κ1) is 27.0. The third-order valence-electron chi connectivity index (χ3n) is 6.19. The fourth-order valence-electron chi connectivity index (χ4n) is 3.89. The van der Waals surface area contributed by atoms with E-state index >= 15 is 0 Å². The molecule has 2 N–H and O–H groups in total. The van der Waals surface area contributed by atoms with Gasteiger partial charge in [-0.2, -0.15) is 0 Å². The minimum atomic E-state index is -0.463. The maximum absolute atomic E-state index is 13.5. The zero-order chi connectivity index (χ0) is 26.4. The fourth-order valence-corrected chi connectivity index (χ4v) is 3.89. The lowest BCUT2D eigenvalue weighted by molar-refractivity contribution is 0.0356. The van der Waals surface area contributed by atoms with E-state index < -0.39 is 12.1 Å². The van der Waals surface area contributed by atoms with E-state index in [4.69, 9.17) is 9.26 Å². The highest BCUT2D eigenvalue weighted by Gasteiger charge is 2.34. The predicted molar refractivity (Wildman–Crippen MR) is 135 cm³/mol. The monoisotopic (exact) mass is 497 g/mol. The number of fused-ring (bicyclic) bond motifs is 1. The number of ether oxygens (including phenoxy) is 1. The molecule has 1 aliphatic heterocycles. The van der Waals surface area contributed by atoms with Crippen molar-refractivity contribution in [1.82, 2.24) is 19.9 Å². The molecule has 0 aliphatic carbocycles. The molecule has 2 aromatic heterocycles. The van der Waals surface area contributed by atoms with Gasteiger partial charge in [-0.15, -0.1) is 0 Å². The van der Waals surface area contributed by atoms with Crippen LogP contribution in [0.5, 0.6) is 5.88 Å². The number of urea groups is 1. The van der Waals surface area contributed by atoms with Gasteiger partial charge >= 0.3 is 6.03 Å². The van der Waals surface area contributed by atoms with E-state index in [0.717, 1.165) is 12.8 Å². The Morgan fingerprint density at radius 2 is 2.17 bits per heavy atom. The van der Waals surface area contributed by atoms with Crippen LogP contribution >= 0.6 is 0 Å². The van der Waals surface area contributed by atoms with E-state index in [0.29, 0.717) is 34.8 Å². The van der Waals surface area contributed by atoms with E-state index in [1.807, 2.05) is 13.8 Å². The second kappa shape index (κ2) is 11.9. The van der Waals surface area contributed by atoms with E-state index in [9.17, 15) is 14.7 Å². The van der Waals surface area contributed by atoms with Gasteiger partial charge < -0.3 is 29.5 Å². The molecule has 3 amide bonds. The first-order valence-corrected chi connectivity index (χ1v) is 12.2. The molecule has 0 saturated heterocycles. The van der Waals surface area contributed by atoms with Crippen molar-refractivity contribution in [3.8, 4) is 17.7 Å². The Morgan fingerprint density at radius 1 is 1.42 bits per heavy atom. The topological polar surface area (TPSA) is 121 Å². The summed E-state index contributed by atoms with van der Waals surface area (Å²) in [5, 5.41) is 16.5. The van der Waals surface area contributed by atoms with Gasteiger partial charge in [-0.3, -0.25) is 4.79 Å². The summed E-state index contributed by atoms with van der Waals surface area (Å²) >= 11 is 0. The number of unbranched alkanes of at least 4 members (excludes halogenated alkanes) is 1. The average Bonchev–Trinajstić information content (AvgIpc) is 3.18. The molecule has 3 heterocycles. The Labute approximate surface area is 212 Å². The summed E-state index contributed by atoms with van der Waals surface area (Å²) in [5.41, 5.74) is 2.04. The molecular weight excluding hydrogens is 462 g/mol. The van der Waals surface area contributed by atoms with Gasteiger partial charge in [-0.1, -0.05) is 30.8 Å².